The molecule has 4 aliphatic heterocycles. The molecule has 15 heteroatoms. The molecule has 1 aromatic heterocycles. The number of hydrogen-bond donors (Lipinski definition) is 0. The van der Waals surface area contributed by atoms with Crippen LogP contribution in [0.3, 0.4) is 0 Å². The average molecular weight is 704 g/mol. The molecule has 0 radical (unpaired) electrons. The quantitative estimate of drug-likeness (QED) is 0.424. The lowest BCUT2D eigenvalue weighted by molar-refractivity contribution is -0.137. The molecule has 3 saturated heterocycles. The predicted molar refractivity (Wildman–Crippen MR) is 180 cm³/mol. The molecule has 50 heavy (non-hydrogen) atoms. The highest BCUT2D eigenvalue weighted by molar-refractivity contribution is 6.10. The molecule has 5 heterocycles. The highest BCUT2D eigenvalue weighted by Crippen LogP contribution is 2.41. The van der Waals surface area contributed by atoms with Crippen LogP contribution < -0.4 is 14.7 Å². The summed E-state index contributed by atoms with van der Waals surface area (Å²) in [5.74, 6) is -2.43. The van der Waals surface area contributed by atoms with E-state index in [9.17, 15) is 27.6 Å². The van der Waals surface area contributed by atoms with Gasteiger partial charge in [0.1, 0.15) is 23.3 Å². The number of rotatable bonds is 5. The molecule has 11 nitrogen and oxygen atoms in total. The summed E-state index contributed by atoms with van der Waals surface area (Å²) in [6.45, 7) is 14.2. The number of likely N-dealkylation sites (tertiary alicyclic amines) is 1. The van der Waals surface area contributed by atoms with Gasteiger partial charge in [-0.3, -0.25) is 24.3 Å². The largest absolute Gasteiger partial charge is 0.444 e. The van der Waals surface area contributed by atoms with E-state index in [4.69, 9.17) is 4.74 Å². The van der Waals surface area contributed by atoms with Crippen molar-refractivity contribution in [2.75, 3.05) is 80.7 Å². The summed E-state index contributed by atoms with van der Waals surface area (Å²) in [7, 11) is 1.49. The summed E-state index contributed by atoms with van der Waals surface area (Å²) in [6, 6.07) is 5.04. The Morgan fingerprint density at radius 3 is 2.44 bits per heavy atom. The fourth-order valence-corrected chi connectivity index (χ4v) is 7.93. The zero-order chi connectivity index (χ0) is 36.3. The number of amides is 3. The summed E-state index contributed by atoms with van der Waals surface area (Å²) >= 11 is 0. The first kappa shape index (κ1) is 35.8. The second kappa shape index (κ2) is 13.0. The van der Waals surface area contributed by atoms with E-state index in [1.807, 2.05) is 25.7 Å². The number of ether oxygens (including phenoxy) is 1. The van der Waals surface area contributed by atoms with E-state index in [2.05, 4.69) is 21.7 Å². The van der Waals surface area contributed by atoms with E-state index in [-0.39, 0.29) is 41.8 Å². The summed E-state index contributed by atoms with van der Waals surface area (Å²) in [4.78, 5) is 55.3. The lowest BCUT2D eigenvalue weighted by atomic mass is 9.85. The van der Waals surface area contributed by atoms with Gasteiger partial charge in [0.2, 0.25) is 11.8 Å². The van der Waals surface area contributed by atoms with Crippen LogP contribution in [0.4, 0.5) is 39.5 Å². The first-order valence-corrected chi connectivity index (χ1v) is 17.0. The van der Waals surface area contributed by atoms with Gasteiger partial charge in [-0.15, -0.1) is 0 Å². The zero-order valence-corrected chi connectivity index (χ0v) is 29.4. The molecule has 6 rings (SSSR count). The Hall–Kier alpha value is -3.98. The van der Waals surface area contributed by atoms with Crippen LogP contribution in [-0.4, -0.2) is 121 Å². The van der Waals surface area contributed by atoms with Crippen LogP contribution in [0.15, 0.2) is 30.3 Å². The van der Waals surface area contributed by atoms with Gasteiger partial charge in [0.15, 0.2) is 0 Å². The molecule has 3 amide bonds. The fourth-order valence-electron chi connectivity index (χ4n) is 7.93. The zero-order valence-electron chi connectivity index (χ0n) is 29.4. The van der Waals surface area contributed by atoms with E-state index in [1.165, 1.54) is 31.0 Å². The van der Waals surface area contributed by atoms with Crippen molar-refractivity contribution in [2.24, 2.45) is 5.92 Å². The number of fused-ring (bicyclic) bond motifs is 2. The van der Waals surface area contributed by atoms with E-state index < -0.39 is 46.9 Å². The molecule has 272 valence electrons. The molecule has 0 N–H and O–H groups in total. The van der Waals surface area contributed by atoms with Gasteiger partial charge >= 0.3 is 12.3 Å². The van der Waals surface area contributed by atoms with Crippen LogP contribution in [0.1, 0.15) is 45.4 Å². The number of para-hydroxylation sites is 1. The molecular formula is C35H45F4N7O4. The Morgan fingerprint density at radius 2 is 1.78 bits per heavy atom. The summed E-state index contributed by atoms with van der Waals surface area (Å²) in [5, 5.41) is 0. The van der Waals surface area contributed by atoms with Crippen molar-refractivity contribution in [2.45, 2.75) is 64.4 Å². The Labute approximate surface area is 289 Å². The number of nitrogens with zero attached hydrogens (tertiary/aromatic N) is 7. The predicted octanol–water partition coefficient (Wildman–Crippen LogP) is 4.38. The van der Waals surface area contributed by atoms with Crippen molar-refractivity contribution in [1.82, 2.24) is 19.7 Å². The fraction of sp³-hybridized carbons (Fsp3) is 0.600. The number of hydrogen-bond acceptors (Lipinski definition) is 8. The molecule has 4 aliphatic rings. The first-order valence-electron chi connectivity index (χ1n) is 17.0. The molecule has 1 spiro atoms. The molecule has 3 fully saturated rings. The van der Waals surface area contributed by atoms with Gasteiger partial charge in [0.25, 0.3) is 0 Å². The number of alkyl halides is 3. The Bertz CT molecular complexity index is 1660. The number of halogens is 4. The standard InChI is InChI=1S/C35H45F4N7O4/c1-7-45-14-12-42(19-34(45)20-44(21-34)32(49)50-33(3,4)5)11-13-43-18-23-16-28(47)46(27-17-24(35(37,38)39)15-22(2)40-27)29(23)31(48)41(6)26-10-8-9-25(36)30(26)43/h8-10,15,17,23,29H,7,11-14,16,18-21H2,1-6H3/t23-,29+/m1/s1. The van der Waals surface area contributed by atoms with Crippen LogP contribution in [0.5, 0.6) is 0 Å². The third-order valence-electron chi connectivity index (χ3n) is 10.2. The van der Waals surface area contributed by atoms with E-state index >= 15 is 4.39 Å². The number of carbonyl (C=O) groups is 3. The van der Waals surface area contributed by atoms with Crippen LogP contribution >= 0.6 is 0 Å². The molecular weight excluding hydrogens is 658 g/mol. The van der Waals surface area contributed by atoms with Crippen molar-refractivity contribution < 1.29 is 36.7 Å². The van der Waals surface area contributed by atoms with Gasteiger partial charge < -0.3 is 19.4 Å². The van der Waals surface area contributed by atoms with Gasteiger partial charge in [0.05, 0.1) is 22.5 Å². The van der Waals surface area contributed by atoms with Gasteiger partial charge in [0, 0.05) is 77.4 Å². The summed E-state index contributed by atoms with van der Waals surface area (Å²) in [5.41, 5.74) is -1.19. The monoisotopic (exact) mass is 703 g/mol. The van der Waals surface area contributed by atoms with E-state index in [0.717, 1.165) is 36.7 Å². The average Bonchev–Trinajstić information content (AvgIpc) is 3.33. The lowest BCUT2D eigenvalue weighted by Crippen LogP contribution is -2.77. The third-order valence-corrected chi connectivity index (χ3v) is 10.2. The van der Waals surface area contributed by atoms with Crippen molar-refractivity contribution in [3.8, 4) is 0 Å². The van der Waals surface area contributed by atoms with Crippen LogP contribution in [0.2, 0.25) is 0 Å². The van der Waals surface area contributed by atoms with Crippen molar-refractivity contribution >= 4 is 35.1 Å². The Kier molecular flexibility index (Phi) is 9.29. The molecule has 1 aromatic carbocycles. The van der Waals surface area contributed by atoms with Gasteiger partial charge in [-0.25, -0.2) is 14.2 Å². The topological polar surface area (TPSA) is 92.8 Å². The summed E-state index contributed by atoms with van der Waals surface area (Å²) < 4.78 is 62.6. The Morgan fingerprint density at radius 1 is 1.06 bits per heavy atom. The van der Waals surface area contributed by atoms with Gasteiger partial charge in [-0.2, -0.15) is 13.2 Å². The third kappa shape index (κ3) is 6.73. The van der Waals surface area contributed by atoms with Crippen molar-refractivity contribution in [1.29, 1.82) is 0 Å². The van der Waals surface area contributed by atoms with E-state index in [1.54, 1.807) is 11.0 Å². The molecule has 2 atom stereocenters. The molecule has 0 saturated carbocycles. The second-order valence-electron chi connectivity index (χ2n) is 14.9. The number of anilines is 3. The van der Waals surface area contributed by atoms with Crippen LogP contribution in [0, 0.1) is 18.7 Å². The van der Waals surface area contributed by atoms with E-state index in [0.29, 0.717) is 38.4 Å². The second-order valence-corrected chi connectivity index (χ2v) is 14.9. The number of pyridine rings is 1. The van der Waals surface area contributed by atoms with Crippen molar-refractivity contribution in [3.63, 3.8) is 0 Å². The van der Waals surface area contributed by atoms with Crippen LogP contribution in [0.25, 0.3) is 0 Å². The van der Waals surface area contributed by atoms with Gasteiger partial charge in [-0.1, -0.05) is 13.0 Å². The molecule has 0 aliphatic carbocycles. The maximum atomic E-state index is 15.7. The number of aryl methyl sites for hydroxylation is 1. The first-order chi connectivity index (χ1) is 23.4. The normalized spacial score (nSPS) is 23.1. The SMILES string of the molecule is CCN1CCN(CCN2C[C@H]3CC(=O)N(c4cc(C(F)(F)F)cc(C)n4)[C@@H]3C(=O)N(C)c3cccc(F)c32)CC12CN(C(=O)OC(C)(C)C)C2. The Balaban J connectivity index is 1.25. The van der Waals surface area contributed by atoms with Crippen molar-refractivity contribution in [3.05, 3.63) is 47.4 Å². The molecule has 0 unspecified atom stereocenters. The lowest BCUT2D eigenvalue weighted by Gasteiger charge is -2.59. The number of carbonyl (C=O) groups excluding carboxylic acids is 3. The number of aromatic nitrogens is 1. The summed E-state index contributed by atoms with van der Waals surface area (Å²) in [6.07, 6.45) is -5.12. The molecule has 2 aromatic rings. The minimum atomic E-state index is -4.67. The number of benzene rings is 1. The smallest absolute Gasteiger partial charge is 0.416 e. The maximum absolute atomic E-state index is 15.7. The minimum Gasteiger partial charge on any atom is -0.444 e. The number of piperazine rings is 1. The maximum Gasteiger partial charge on any atom is 0.416 e. The number of likely N-dealkylation sites (N-methyl/N-ethyl adjacent to an activating group) is 2. The molecule has 0 bridgehead atoms. The van der Waals surface area contributed by atoms with Gasteiger partial charge in [-0.05, 0) is 58.5 Å². The highest BCUT2D eigenvalue weighted by atomic mass is 19.4. The van der Waals surface area contributed by atoms with Crippen LogP contribution in [-0.2, 0) is 20.5 Å². The minimum absolute atomic E-state index is 0.0633. The highest BCUT2D eigenvalue weighted by Gasteiger charge is 2.53.